The average molecular weight is 252 g/mol. The first-order valence-corrected chi connectivity index (χ1v) is 5.90. The zero-order chi connectivity index (χ0) is 13.3. The van der Waals surface area contributed by atoms with E-state index < -0.39 is 5.60 Å². The van der Waals surface area contributed by atoms with E-state index in [-0.39, 0.29) is 6.79 Å². The van der Waals surface area contributed by atoms with Gasteiger partial charge in [-0.1, -0.05) is 42.3 Å². The van der Waals surface area contributed by atoms with Crippen LogP contribution in [0.3, 0.4) is 0 Å². The third-order valence-electron chi connectivity index (χ3n) is 3.19. The van der Waals surface area contributed by atoms with Gasteiger partial charge in [-0.2, -0.15) is 0 Å². The highest BCUT2D eigenvalue weighted by Crippen LogP contribution is 2.37. The van der Waals surface area contributed by atoms with E-state index in [2.05, 4.69) is 5.92 Å². The van der Waals surface area contributed by atoms with Gasteiger partial charge in [0.25, 0.3) is 0 Å². The number of aliphatic hydroxyl groups is 1. The Hall–Kier alpha value is -2.44. The number of fused-ring (bicyclic) bond motifs is 1. The Morgan fingerprint density at radius 3 is 2.47 bits per heavy atom. The second kappa shape index (κ2) is 4.34. The molecule has 3 heteroatoms. The average Bonchev–Trinajstić information content (AvgIpc) is 2.94. The van der Waals surface area contributed by atoms with Crippen LogP contribution in [0.5, 0.6) is 11.5 Å². The molecule has 2 aromatic carbocycles. The minimum Gasteiger partial charge on any atom is -0.454 e. The molecule has 0 spiro atoms. The number of terminal acetylenes is 1. The SMILES string of the molecule is C#CC(O)(c1ccccc1)c1ccc2c(c1)OCO2. The summed E-state index contributed by atoms with van der Waals surface area (Å²) in [7, 11) is 0. The lowest BCUT2D eigenvalue weighted by atomic mass is 9.87. The maximum atomic E-state index is 10.8. The van der Waals surface area contributed by atoms with E-state index >= 15 is 0 Å². The number of hydrogen-bond donors (Lipinski definition) is 1. The van der Waals surface area contributed by atoms with E-state index in [1.54, 1.807) is 30.3 Å². The van der Waals surface area contributed by atoms with Crippen molar-refractivity contribution in [2.45, 2.75) is 5.60 Å². The summed E-state index contributed by atoms with van der Waals surface area (Å²) >= 11 is 0. The zero-order valence-corrected chi connectivity index (χ0v) is 10.2. The number of rotatable bonds is 2. The van der Waals surface area contributed by atoms with E-state index in [0.717, 1.165) is 0 Å². The van der Waals surface area contributed by atoms with Gasteiger partial charge in [0.15, 0.2) is 17.1 Å². The van der Waals surface area contributed by atoms with Gasteiger partial charge in [-0.05, 0) is 12.1 Å². The van der Waals surface area contributed by atoms with Crippen molar-refractivity contribution in [2.75, 3.05) is 6.79 Å². The van der Waals surface area contributed by atoms with Crippen LogP contribution in [0.15, 0.2) is 48.5 Å². The van der Waals surface area contributed by atoms with Gasteiger partial charge in [-0.25, -0.2) is 0 Å². The van der Waals surface area contributed by atoms with Crippen LogP contribution in [0.25, 0.3) is 0 Å². The molecule has 94 valence electrons. The van der Waals surface area contributed by atoms with Gasteiger partial charge in [0.1, 0.15) is 0 Å². The smallest absolute Gasteiger partial charge is 0.231 e. The highest BCUT2D eigenvalue weighted by Gasteiger charge is 2.30. The molecule has 0 aliphatic carbocycles. The molecule has 19 heavy (non-hydrogen) atoms. The van der Waals surface area contributed by atoms with Crippen LogP contribution < -0.4 is 9.47 Å². The van der Waals surface area contributed by atoms with Gasteiger partial charge in [0.05, 0.1) is 0 Å². The molecule has 0 saturated heterocycles. The standard InChI is InChI=1S/C16H12O3/c1-2-16(17,12-6-4-3-5-7-12)13-8-9-14-15(10-13)19-11-18-14/h1,3-10,17H,11H2. The molecule has 1 unspecified atom stereocenters. The third-order valence-corrected chi connectivity index (χ3v) is 3.19. The Morgan fingerprint density at radius 1 is 1.00 bits per heavy atom. The minimum atomic E-state index is -1.47. The summed E-state index contributed by atoms with van der Waals surface area (Å²) in [4.78, 5) is 0. The summed E-state index contributed by atoms with van der Waals surface area (Å²) in [5.74, 6) is 3.72. The number of benzene rings is 2. The topological polar surface area (TPSA) is 38.7 Å². The zero-order valence-electron chi connectivity index (χ0n) is 10.2. The quantitative estimate of drug-likeness (QED) is 0.833. The van der Waals surface area contributed by atoms with Crippen molar-refractivity contribution in [3.8, 4) is 23.8 Å². The minimum absolute atomic E-state index is 0.193. The predicted molar refractivity (Wildman–Crippen MR) is 70.8 cm³/mol. The highest BCUT2D eigenvalue weighted by atomic mass is 16.7. The van der Waals surface area contributed by atoms with Gasteiger partial charge in [0.2, 0.25) is 6.79 Å². The molecule has 1 heterocycles. The predicted octanol–water partition coefficient (Wildman–Crippen LogP) is 2.28. The van der Waals surface area contributed by atoms with Gasteiger partial charge in [-0.15, -0.1) is 6.42 Å². The first-order chi connectivity index (χ1) is 9.24. The van der Waals surface area contributed by atoms with Crippen molar-refractivity contribution in [1.29, 1.82) is 0 Å². The summed E-state index contributed by atoms with van der Waals surface area (Å²) in [5, 5.41) is 10.8. The van der Waals surface area contributed by atoms with Crippen LogP contribution in [0.4, 0.5) is 0 Å². The molecule has 1 atom stereocenters. The van der Waals surface area contributed by atoms with Crippen molar-refractivity contribution in [1.82, 2.24) is 0 Å². The van der Waals surface area contributed by atoms with Crippen LogP contribution in [0.2, 0.25) is 0 Å². The third kappa shape index (κ3) is 1.83. The maximum absolute atomic E-state index is 10.8. The molecule has 3 rings (SSSR count). The highest BCUT2D eigenvalue weighted by molar-refractivity contribution is 5.51. The normalized spacial score (nSPS) is 15.6. The Morgan fingerprint density at radius 2 is 1.74 bits per heavy atom. The lowest BCUT2D eigenvalue weighted by Crippen LogP contribution is -2.24. The number of ether oxygens (including phenoxy) is 2. The Balaban J connectivity index is 2.11. The van der Waals surface area contributed by atoms with Crippen LogP contribution in [-0.4, -0.2) is 11.9 Å². The van der Waals surface area contributed by atoms with Gasteiger partial charge >= 0.3 is 0 Å². The van der Waals surface area contributed by atoms with Crippen molar-refractivity contribution >= 4 is 0 Å². The second-order valence-electron chi connectivity index (χ2n) is 4.29. The molecule has 1 aliphatic heterocycles. The van der Waals surface area contributed by atoms with E-state index in [1.165, 1.54) is 0 Å². The van der Waals surface area contributed by atoms with Crippen molar-refractivity contribution in [2.24, 2.45) is 0 Å². The molecular weight excluding hydrogens is 240 g/mol. The molecule has 0 aromatic heterocycles. The Labute approximate surface area is 111 Å². The first-order valence-electron chi connectivity index (χ1n) is 5.90. The van der Waals surface area contributed by atoms with E-state index in [1.807, 2.05) is 18.2 Å². The van der Waals surface area contributed by atoms with Crippen LogP contribution >= 0.6 is 0 Å². The summed E-state index contributed by atoms with van der Waals surface area (Å²) in [6.07, 6.45) is 5.54. The largest absolute Gasteiger partial charge is 0.454 e. The van der Waals surface area contributed by atoms with Crippen LogP contribution in [0, 0.1) is 12.3 Å². The van der Waals surface area contributed by atoms with Crippen molar-refractivity contribution in [3.63, 3.8) is 0 Å². The number of hydrogen-bond acceptors (Lipinski definition) is 3. The monoisotopic (exact) mass is 252 g/mol. The molecule has 3 nitrogen and oxygen atoms in total. The molecular formula is C16H12O3. The molecule has 0 fully saturated rings. The molecule has 0 saturated carbocycles. The fourth-order valence-corrected chi connectivity index (χ4v) is 2.13. The summed E-state index contributed by atoms with van der Waals surface area (Å²) < 4.78 is 10.6. The van der Waals surface area contributed by atoms with Gasteiger partial charge < -0.3 is 14.6 Å². The maximum Gasteiger partial charge on any atom is 0.231 e. The fraction of sp³-hybridized carbons (Fsp3) is 0.125. The van der Waals surface area contributed by atoms with E-state index in [9.17, 15) is 5.11 Å². The molecule has 2 aromatic rings. The first kappa shape index (κ1) is 11.6. The Kier molecular flexibility index (Phi) is 2.66. The molecule has 1 aliphatic rings. The molecule has 0 bridgehead atoms. The lowest BCUT2D eigenvalue weighted by molar-refractivity contribution is 0.144. The van der Waals surface area contributed by atoms with Gasteiger partial charge in [-0.3, -0.25) is 0 Å². The van der Waals surface area contributed by atoms with Crippen LogP contribution in [0.1, 0.15) is 11.1 Å². The molecule has 0 amide bonds. The summed E-state index contributed by atoms with van der Waals surface area (Å²) in [6, 6.07) is 14.4. The van der Waals surface area contributed by atoms with Crippen molar-refractivity contribution in [3.05, 3.63) is 59.7 Å². The lowest BCUT2D eigenvalue weighted by Gasteiger charge is -2.23. The van der Waals surface area contributed by atoms with Crippen LogP contribution in [-0.2, 0) is 5.60 Å². The second-order valence-corrected chi connectivity index (χ2v) is 4.29. The van der Waals surface area contributed by atoms with Gasteiger partial charge in [0, 0.05) is 11.1 Å². The fourth-order valence-electron chi connectivity index (χ4n) is 2.13. The summed E-state index contributed by atoms with van der Waals surface area (Å²) in [5.41, 5.74) is -0.232. The summed E-state index contributed by atoms with van der Waals surface area (Å²) in [6.45, 7) is 0.193. The molecule has 0 radical (unpaired) electrons. The Bertz CT molecular complexity index is 643. The van der Waals surface area contributed by atoms with E-state index in [4.69, 9.17) is 15.9 Å². The van der Waals surface area contributed by atoms with Crippen molar-refractivity contribution < 1.29 is 14.6 Å². The van der Waals surface area contributed by atoms with E-state index in [0.29, 0.717) is 22.6 Å². The molecule has 1 N–H and O–H groups in total.